The zero-order valence-electron chi connectivity index (χ0n) is 16.1. The van der Waals surface area contributed by atoms with Gasteiger partial charge in [-0.2, -0.15) is 0 Å². The highest BCUT2D eigenvalue weighted by Crippen LogP contribution is 2.16. The summed E-state index contributed by atoms with van der Waals surface area (Å²) in [7, 11) is 3.98. The summed E-state index contributed by atoms with van der Waals surface area (Å²) in [5.41, 5.74) is 4.26. The first-order valence-corrected chi connectivity index (χ1v) is 8.70. The normalized spacial score (nSPS) is 10.5. The van der Waals surface area contributed by atoms with Crippen molar-refractivity contribution < 1.29 is 14.3 Å². The lowest BCUT2D eigenvalue weighted by Gasteiger charge is -2.13. The second-order valence-electron chi connectivity index (χ2n) is 6.43. The van der Waals surface area contributed by atoms with Crippen molar-refractivity contribution >= 4 is 17.6 Å². The van der Waals surface area contributed by atoms with Crippen LogP contribution in [-0.2, 0) is 22.6 Å². The van der Waals surface area contributed by atoms with E-state index in [1.54, 1.807) is 13.0 Å². The Balaban J connectivity index is 1.98. The summed E-state index contributed by atoms with van der Waals surface area (Å²) in [6.07, 6.45) is 0. The highest BCUT2D eigenvalue weighted by molar-refractivity contribution is 5.91. The Morgan fingerprint density at radius 3 is 2.38 bits per heavy atom. The van der Waals surface area contributed by atoms with Gasteiger partial charge in [-0.1, -0.05) is 12.1 Å². The van der Waals surface area contributed by atoms with Gasteiger partial charge in [0.1, 0.15) is 6.54 Å². The zero-order chi connectivity index (χ0) is 19.3. The average molecular weight is 357 g/mol. The first-order valence-electron chi connectivity index (χ1n) is 8.70. The van der Waals surface area contributed by atoms with Gasteiger partial charge < -0.3 is 19.5 Å². The van der Waals surface area contributed by atoms with Crippen LogP contribution in [0, 0.1) is 13.8 Å². The second kappa shape index (κ2) is 8.56. The van der Waals surface area contributed by atoms with Crippen LogP contribution < -0.4 is 10.2 Å². The number of aromatic nitrogens is 1. The monoisotopic (exact) mass is 357 g/mol. The van der Waals surface area contributed by atoms with Gasteiger partial charge in [0, 0.05) is 37.7 Å². The lowest BCUT2D eigenvalue weighted by molar-refractivity contribution is -0.121. The SMILES string of the molecule is CCOC(=O)c1cc(C)n(CC(=O)NCc2ccc(N(C)C)cc2)c1C. The van der Waals surface area contributed by atoms with Crippen molar-refractivity contribution in [2.24, 2.45) is 0 Å². The third-order valence-electron chi connectivity index (χ3n) is 4.31. The van der Waals surface area contributed by atoms with Crippen molar-refractivity contribution in [2.75, 3.05) is 25.6 Å². The Kier molecular flexibility index (Phi) is 6.44. The number of aryl methyl sites for hydroxylation is 1. The minimum absolute atomic E-state index is 0.0982. The zero-order valence-corrected chi connectivity index (χ0v) is 16.1. The van der Waals surface area contributed by atoms with Crippen LogP contribution in [0.4, 0.5) is 5.69 Å². The fourth-order valence-corrected chi connectivity index (χ4v) is 2.77. The minimum Gasteiger partial charge on any atom is -0.462 e. The van der Waals surface area contributed by atoms with Crippen LogP contribution in [0.3, 0.4) is 0 Å². The van der Waals surface area contributed by atoms with E-state index in [9.17, 15) is 9.59 Å². The Hall–Kier alpha value is -2.76. The molecule has 26 heavy (non-hydrogen) atoms. The highest BCUT2D eigenvalue weighted by Gasteiger charge is 2.18. The maximum Gasteiger partial charge on any atom is 0.339 e. The van der Waals surface area contributed by atoms with Gasteiger partial charge in [0.25, 0.3) is 0 Å². The summed E-state index contributed by atoms with van der Waals surface area (Å²) in [6, 6.07) is 9.81. The van der Waals surface area contributed by atoms with E-state index >= 15 is 0 Å². The van der Waals surface area contributed by atoms with E-state index in [1.807, 2.05) is 61.7 Å². The van der Waals surface area contributed by atoms with E-state index in [0.29, 0.717) is 18.7 Å². The van der Waals surface area contributed by atoms with E-state index in [-0.39, 0.29) is 18.4 Å². The van der Waals surface area contributed by atoms with Crippen molar-refractivity contribution in [3.63, 3.8) is 0 Å². The molecule has 2 rings (SSSR count). The maximum atomic E-state index is 12.3. The molecule has 2 aromatic rings. The smallest absolute Gasteiger partial charge is 0.339 e. The number of esters is 1. The molecule has 0 atom stereocenters. The molecule has 0 aliphatic rings. The molecule has 0 unspecified atom stereocenters. The molecule has 0 radical (unpaired) electrons. The summed E-state index contributed by atoms with van der Waals surface area (Å²) in [4.78, 5) is 26.3. The largest absolute Gasteiger partial charge is 0.462 e. The molecule has 6 nitrogen and oxygen atoms in total. The number of benzene rings is 1. The van der Waals surface area contributed by atoms with Gasteiger partial charge in [0.2, 0.25) is 5.91 Å². The molecule has 0 spiro atoms. The molecule has 0 aliphatic carbocycles. The van der Waals surface area contributed by atoms with Gasteiger partial charge in [-0.3, -0.25) is 4.79 Å². The number of carbonyl (C=O) groups excluding carboxylic acids is 2. The number of amides is 1. The predicted octanol–water partition coefficient (Wildman–Crippen LogP) is 2.66. The summed E-state index contributed by atoms with van der Waals surface area (Å²) in [5, 5.41) is 2.92. The predicted molar refractivity (Wildman–Crippen MR) is 102 cm³/mol. The van der Waals surface area contributed by atoms with E-state index in [1.165, 1.54) is 0 Å². The summed E-state index contributed by atoms with van der Waals surface area (Å²) in [5.74, 6) is -0.452. The molecule has 0 saturated heterocycles. The number of rotatable bonds is 7. The topological polar surface area (TPSA) is 63.6 Å². The fraction of sp³-hybridized carbons (Fsp3) is 0.400. The van der Waals surface area contributed by atoms with E-state index < -0.39 is 0 Å². The van der Waals surface area contributed by atoms with E-state index in [4.69, 9.17) is 4.74 Å². The van der Waals surface area contributed by atoms with E-state index in [0.717, 1.165) is 22.6 Å². The Bertz CT molecular complexity index is 776. The molecule has 140 valence electrons. The molecule has 0 saturated carbocycles. The van der Waals surface area contributed by atoms with Crippen molar-refractivity contribution in [2.45, 2.75) is 33.9 Å². The number of carbonyl (C=O) groups is 2. The van der Waals surface area contributed by atoms with E-state index in [2.05, 4.69) is 5.32 Å². The highest BCUT2D eigenvalue weighted by atomic mass is 16.5. The molecule has 1 aromatic heterocycles. The average Bonchev–Trinajstić information content (AvgIpc) is 2.89. The molecule has 0 aliphatic heterocycles. The van der Waals surface area contributed by atoms with Crippen LogP contribution in [0.5, 0.6) is 0 Å². The minimum atomic E-state index is -0.353. The Labute approximate surface area is 154 Å². The van der Waals surface area contributed by atoms with Crippen LogP contribution in [0.2, 0.25) is 0 Å². The van der Waals surface area contributed by atoms with Crippen molar-refractivity contribution in [1.82, 2.24) is 9.88 Å². The Morgan fingerprint density at radius 1 is 1.15 bits per heavy atom. The van der Waals surface area contributed by atoms with Crippen LogP contribution in [0.25, 0.3) is 0 Å². The number of nitrogens with zero attached hydrogens (tertiary/aromatic N) is 2. The second-order valence-corrected chi connectivity index (χ2v) is 6.43. The van der Waals surface area contributed by atoms with Crippen molar-refractivity contribution in [3.05, 3.63) is 52.8 Å². The first kappa shape index (κ1) is 19.6. The van der Waals surface area contributed by atoms with Crippen LogP contribution >= 0.6 is 0 Å². The lowest BCUT2D eigenvalue weighted by Crippen LogP contribution is -2.28. The van der Waals surface area contributed by atoms with Crippen LogP contribution in [-0.4, -0.2) is 37.1 Å². The molecule has 6 heteroatoms. The number of ether oxygens (including phenoxy) is 1. The standard InChI is InChI=1S/C20H27N3O3/c1-6-26-20(25)18-11-14(2)23(15(18)3)13-19(24)21-12-16-7-9-17(10-8-16)22(4)5/h7-11H,6,12-13H2,1-5H3,(H,21,24). The fourth-order valence-electron chi connectivity index (χ4n) is 2.77. The molecule has 1 N–H and O–H groups in total. The molecular weight excluding hydrogens is 330 g/mol. The number of nitrogens with one attached hydrogen (secondary N) is 1. The molecule has 1 amide bonds. The van der Waals surface area contributed by atoms with Crippen LogP contribution in [0.15, 0.2) is 30.3 Å². The molecule has 1 aromatic carbocycles. The molecule has 0 bridgehead atoms. The number of hydrogen-bond acceptors (Lipinski definition) is 4. The molecular formula is C20H27N3O3. The first-order chi connectivity index (χ1) is 12.3. The van der Waals surface area contributed by atoms with Gasteiger partial charge in [0.15, 0.2) is 0 Å². The molecule has 0 fully saturated rings. The quantitative estimate of drug-likeness (QED) is 0.774. The third kappa shape index (κ3) is 4.65. The van der Waals surface area contributed by atoms with Gasteiger partial charge in [-0.05, 0) is 44.5 Å². The summed E-state index contributed by atoms with van der Waals surface area (Å²) < 4.78 is 6.89. The van der Waals surface area contributed by atoms with Crippen molar-refractivity contribution in [3.8, 4) is 0 Å². The van der Waals surface area contributed by atoms with Crippen LogP contribution in [0.1, 0.15) is 34.2 Å². The lowest BCUT2D eigenvalue weighted by atomic mass is 10.2. The summed E-state index contributed by atoms with van der Waals surface area (Å²) in [6.45, 7) is 6.45. The van der Waals surface area contributed by atoms with Gasteiger partial charge in [-0.15, -0.1) is 0 Å². The summed E-state index contributed by atoms with van der Waals surface area (Å²) >= 11 is 0. The Morgan fingerprint density at radius 2 is 1.81 bits per heavy atom. The van der Waals surface area contributed by atoms with Gasteiger partial charge in [0.05, 0.1) is 12.2 Å². The number of anilines is 1. The maximum absolute atomic E-state index is 12.3. The van der Waals surface area contributed by atoms with Gasteiger partial charge >= 0.3 is 5.97 Å². The third-order valence-corrected chi connectivity index (χ3v) is 4.31. The number of hydrogen-bond donors (Lipinski definition) is 1. The molecule has 1 heterocycles. The van der Waals surface area contributed by atoms with Gasteiger partial charge in [-0.25, -0.2) is 4.79 Å². The van der Waals surface area contributed by atoms with Crippen molar-refractivity contribution in [1.29, 1.82) is 0 Å².